The van der Waals surface area contributed by atoms with Crippen LogP contribution < -0.4 is 0 Å². The normalized spacial score (nSPS) is 16.0. The van der Waals surface area contributed by atoms with Gasteiger partial charge < -0.3 is 4.90 Å². The average Bonchev–Trinajstić information content (AvgIpc) is 3.02. The minimum atomic E-state index is -3.75. The van der Waals surface area contributed by atoms with Crippen LogP contribution in [0.2, 0.25) is 0 Å². The second kappa shape index (κ2) is 7.46. The number of carbonyl (C=O) groups is 1. The van der Waals surface area contributed by atoms with E-state index in [4.69, 9.17) is 0 Å². The van der Waals surface area contributed by atoms with Gasteiger partial charge in [-0.15, -0.1) is 11.3 Å². The van der Waals surface area contributed by atoms with Crippen LogP contribution in [0.4, 0.5) is 4.39 Å². The molecule has 1 amide bonds. The summed E-state index contributed by atoms with van der Waals surface area (Å²) in [6.07, 6.45) is 0.892. The number of hydrogen-bond donors (Lipinski definition) is 0. The Morgan fingerprint density at radius 3 is 2.46 bits per heavy atom. The number of piperazine rings is 1. The summed E-state index contributed by atoms with van der Waals surface area (Å²) >= 11 is 1.50. The van der Waals surface area contributed by atoms with E-state index in [2.05, 4.69) is 6.92 Å². The Labute approximate surface area is 157 Å². The van der Waals surface area contributed by atoms with Crippen molar-refractivity contribution in [2.45, 2.75) is 25.2 Å². The molecule has 1 aliphatic heterocycles. The van der Waals surface area contributed by atoms with Crippen molar-refractivity contribution in [3.8, 4) is 0 Å². The van der Waals surface area contributed by atoms with E-state index in [1.165, 1.54) is 38.7 Å². The molecule has 8 heteroatoms. The molecule has 0 aliphatic carbocycles. The minimum Gasteiger partial charge on any atom is -0.335 e. The lowest BCUT2D eigenvalue weighted by Crippen LogP contribution is -2.50. The van der Waals surface area contributed by atoms with E-state index in [-0.39, 0.29) is 23.9 Å². The molecule has 2 heterocycles. The summed E-state index contributed by atoms with van der Waals surface area (Å²) in [5, 5.41) is 0. The molecule has 0 atom stereocenters. The van der Waals surface area contributed by atoms with Crippen LogP contribution in [0.5, 0.6) is 0 Å². The van der Waals surface area contributed by atoms with Gasteiger partial charge in [0.25, 0.3) is 5.91 Å². The maximum Gasteiger partial charge on any atom is 0.264 e. The maximum atomic E-state index is 13.3. The second-order valence-corrected chi connectivity index (χ2v) is 9.30. The third kappa shape index (κ3) is 3.67. The highest BCUT2D eigenvalue weighted by atomic mass is 32.2. The van der Waals surface area contributed by atoms with Crippen LogP contribution in [0, 0.1) is 12.7 Å². The third-order valence-corrected chi connectivity index (χ3v) is 7.78. The van der Waals surface area contributed by atoms with Crippen molar-refractivity contribution >= 4 is 27.3 Å². The van der Waals surface area contributed by atoms with Crippen LogP contribution in [0.1, 0.15) is 27.0 Å². The quantitative estimate of drug-likeness (QED) is 0.799. The molecule has 0 saturated carbocycles. The number of benzene rings is 1. The van der Waals surface area contributed by atoms with Crippen molar-refractivity contribution in [1.82, 2.24) is 9.21 Å². The zero-order chi connectivity index (χ0) is 18.9. The van der Waals surface area contributed by atoms with Gasteiger partial charge in [-0.1, -0.05) is 13.0 Å². The topological polar surface area (TPSA) is 57.7 Å². The summed E-state index contributed by atoms with van der Waals surface area (Å²) in [7, 11) is -3.75. The highest BCUT2D eigenvalue weighted by molar-refractivity contribution is 7.89. The van der Waals surface area contributed by atoms with Gasteiger partial charge in [-0.05, 0) is 43.2 Å². The van der Waals surface area contributed by atoms with Crippen LogP contribution in [-0.2, 0) is 16.4 Å². The molecule has 1 saturated heterocycles. The van der Waals surface area contributed by atoms with Crippen molar-refractivity contribution in [2.24, 2.45) is 0 Å². The minimum absolute atomic E-state index is 0.0550. The molecule has 2 aromatic rings. The molecule has 1 fully saturated rings. The molecule has 0 bridgehead atoms. The van der Waals surface area contributed by atoms with E-state index in [1.54, 1.807) is 4.90 Å². The summed E-state index contributed by atoms with van der Waals surface area (Å²) in [5.74, 6) is -0.639. The molecule has 1 aromatic heterocycles. The predicted octanol–water partition coefficient (Wildman–Crippen LogP) is 2.90. The molecule has 5 nitrogen and oxygen atoms in total. The van der Waals surface area contributed by atoms with Crippen molar-refractivity contribution in [3.63, 3.8) is 0 Å². The largest absolute Gasteiger partial charge is 0.335 e. The van der Waals surface area contributed by atoms with Gasteiger partial charge in [-0.3, -0.25) is 4.79 Å². The molecule has 1 aromatic carbocycles. The van der Waals surface area contributed by atoms with E-state index in [1.807, 2.05) is 13.0 Å². The number of hydrogen-bond acceptors (Lipinski definition) is 4. The highest BCUT2D eigenvalue weighted by Crippen LogP contribution is 2.25. The van der Waals surface area contributed by atoms with Crippen molar-refractivity contribution in [1.29, 1.82) is 0 Å². The van der Waals surface area contributed by atoms with Gasteiger partial charge in [0.1, 0.15) is 5.82 Å². The molecule has 3 rings (SSSR count). The lowest BCUT2D eigenvalue weighted by molar-refractivity contribution is 0.0702. The molecule has 26 heavy (non-hydrogen) atoms. The van der Waals surface area contributed by atoms with Crippen LogP contribution in [0.15, 0.2) is 35.2 Å². The Bertz CT molecular complexity index is 916. The maximum absolute atomic E-state index is 13.3. The third-order valence-electron chi connectivity index (χ3n) is 4.51. The fraction of sp³-hybridized carbons (Fsp3) is 0.389. The first-order chi connectivity index (χ1) is 12.3. The van der Waals surface area contributed by atoms with Crippen LogP contribution in [0.3, 0.4) is 0 Å². The summed E-state index contributed by atoms with van der Waals surface area (Å²) in [6.45, 7) is 5.11. The number of carbonyl (C=O) groups excluding carboxylic acids is 1. The molecule has 140 valence electrons. The van der Waals surface area contributed by atoms with Gasteiger partial charge in [-0.25, -0.2) is 12.8 Å². The molecule has 1 aliphatic rings. The Kier molecular flexibility index (Phi) is 5.45. The number of thiophene rings is 1. The molecule has 0 radical (unpaired) electrons. The van der Waals surface area contributed by atoms with Crippen molar-refractivity contribution in [2.75, 3.05) is 26.2 Å². The number of aryl methyl sites for hydroxylation is 2. The van der Waals surface area contributed by atoms with Gasteiger partial charge >= 0.3 is 0 Å². The highest BCUT2D eigenvalue weighted by Gasteiger charge is 2.31. The molecule has 0 unspecified atom stereocenters. The van der Waals surface area contributed by atoms with E-state index in [0.29, 0.717) is 18.0 Å². The van der Waals surface area contributed by atoms with Gasteiger partial charge in [0.05, 0.1) is 9.77 Å². The number of sulfonamides is 1. The summed E-state index contributed by atoms with van der Waals surface area (Å²) in [5.41, 5.74) is 1.12. The second-order valence-electron chi connectivity index (χ2n) is 6.22. The number of amides is 1. The monoisotopic (exact) mass is 396 g/mol. The Morgan fingerprint density at radius 1 is 1.19 bits per heavy atom. The van der Waals surface area contributed by atoms with Crippen LogP contribution >= 0.6 is 11.3 Å². The summed E-state index contributed by atoms with van der Waals surface area (Å²) < 4.78 is 39.9. The molecular formula is C18H21FN2O3S2. The van der Waals surface area contributed by atoms with Crippen LogP contribution in [-0.4, -0.2) is 49.7 Å². The van der Waals surface area contributed by atoms with Crippen molar-refractivity contribution in [3.05, 3.63) is 51.5 Å². The number of halogens is 1. The zero-order valence-electron chi connectivity index (χ0n) is 14.7. The van der Waals surface area contributed by atoms with E-state index in [9.17, 15) is 17.6 Å². The first-order valence-electron chi connectivity index (χ1n) is 8.47. The molecule has 0 N–H and O–H groups in total. The lowest BCUT2D eigenvalue weighted by Gasteiger charge is -2.33. The molecular weight excluding hydrogens is 375 g/mol. The van der Waals surface area contributed by atoms with Crippen LogP contribution in [0.25, 0.3) is 0 Å². The number of nitrogens with zero attached hydrogens (tertiary/aromatic N) is 2. The fourth-order valence-corrected chi connectivity index (χ4v) is 5.58. The first kappa shape index (κ1) is 19.0. The standard InChI is InChI=1S/C18H21FN2O3S2/c1-3-16-13(2)11-17(25-16)18(22)20-7-9-21(10-8-20)26(23,24)15-6-4-5-14(19)12-15/h4-6,11-12H,3,7-10H2,1-2H3. The predicted molar refractivity (Wildman–Crippen MR) is 99.5 cm³/mol. The van der Waals surface area contributed by atoms with Gasteiger partial charge in [0, 0.05) is 31.1 Å². The van der Waals surface area contributed by atoms with E-state index >= 15 is 0 Å². The Morgan fingerprint density at radius 2 is 1.88 bits per heavy atom. The summed E-state index contributed by atoms with van der Waals surface area (Å²) in [4.78, 5) is 16.2. The Balaban J connectivity index is 1.69. The van der Waals surface area contributed by atoms with E-state index in [0.717, 1.165) is 18.1 Å². The van der Waals surface area contributed by atoms with Gasteiger partial charge in [-0.2, -0.15) is 4.31 Å². The smallest absolute Gasteiger partial charge is 0.264 e. The Hall–Kier alpha value is -1.77. The van der Waals surface area contributed by atoms with E-state index < -0.39 is 15.8 Å². The summed E-state index contributed by atoms with van der Waals surface area (Å²) in [6, 6.07) is 6.90. The lowest BCUT2D eigenvalue weighted by atomic mass is 10.2. The fourth-order valence-electron chi connectivity index (χ4n) is 3.04. The van der Waals surface area contributed by atoms with Gasteiger partial charge in [0.15, 0.2) is 0 Å². The SMILES string of the molecule is CCc1sc(C(=O)N2CCN(S(=O)(=O)c3cccc(F)c3)CC2)cc1C. The van der Waals surface area contributed by atoms with Crippen molar-refractivity contribution < 1.29 is 17.6 Å². The first-order valence-corrected chi connectivity index (χ1v) is 10.7. The number of rotatable bonds is 4. The average molecular weight is 397 g/mol. The van der Waals surface area contributed by atoms with Gasteiger partial charge in [0.2, 0.25) is 10.0 Å². The molecule has 0 spiro atoms. The zero-order valence-corrected chi connectivity index (χ0v) is 16.4.